The van der Waals surface area contributed by atoms with Crippen molar-refractivity contribution >= 4 is 11.7 Å². The molecule has 0 bridgehead atoms. The molecule has 1 fully saturated rings. The standard InChI is InChI=1S/C20H26N4O4/c1-15-12-18(25)17(14-24(15)6-9-27-2)20(26)21-13-16-4-3-5-19(22-16)23-7-10-28-11-8-23/h3-5,12,14H,6-11,13H2,1-2H3,(H,21,26). The second kappa shape index (κ2) is 9.48. The first kappa shape index (κ1) is 20.0. The van der Waals surface area contributed by atoms with Crippen LogP contribution in [0.25, 0.3) is 0 Å². The van der Waals surface area contributed by atoms with Gasteiger partial charge in [0.1, 0.15) is 11.4 Å². The number of hydrogen-bond acceptors (Lipinski definition) is 6. The number of carbonyl (C=O) groups excluding carboxylic acids is 1. The molecular formula is C20H26N4O4. The molecule has 1 aliphatic heterocycles. The van der Waals surface area contributed by atoms with E-state index >= 15 is 0 Å². The van der Waals surface area contributed by atoms with Gasteiger partial charge in [0.05, 0.1) is 32.1 Å². The maximum atomic E-state index is 12.6. The Kier molecular flexibility index (Phi) is 6.78. The molecule has 3 heterocycles. The van der Waals surface area contributed by atoms with Crippen molar-refractivity contribution in [2.45, 2.75) is 20.0 Å². The average Bonchev–Trinajstić information content (AvgIpc) is 2.72. The van der Waals surface area contributed by atoms with Crippen LogP contribution in [0.2, 0.25) is 0 Å². The SMILES string of the molecule is COCCn1cc(C(=O)NCc2cccc(N3CCOCC3)n2)c(=O)cc1C. The van der Waals surface area contributed by atoms with Gasteiger partial charge in [0.15, 0.2) is 5.43 Å². The fraction of sp³-hybridized carbons (Fsp3) is 0.450. The summed E-state index contributed by atoms with van der Waals surface area (Å²) in [4.78, 5) is 31.6. The van der Waals surface area contributed by atoms with E-state index in [1.165, 1.54) is 6.07 Å². The minimum absolute atomic E-state index is 0.117. The molecule has 1 amide bonds. The van der Waals surface area contributed by atoms with E-state index in [1.54, 1.807) is 13.3 Å². The van der Waals surface area contributed by atoms with E-state index in [0.29, 0.717) is 26.4 Å². The molecule has 2 aromatic heterocycles. The molecule has 0 atom stereocenters. The molecular weight excluding hydrogens is 360 g/mol. The number of carbonyl (C=O) groups is 1. The summed E-state index contributed by atoms with van der Waals surface area (Å²) in [5.41, 5.74) is 1.35. The largest absolute Gasteiger partial charge is 0.383 e. The molecule has 150 valence electrons. The van der Waals surface area contributed by atoms with Gasteiger partial charge in [-0.25, -0.2) is 4.98 Å². The lowest BCUT2D eigenvalue weighted by atomic mass is 10.2. The van der Waals surface area contributed by atoms with Gasteiger partial charge in [-0.15, -0.1) is 0 Å². The van der Waals surface area contributed by atoms with E-state index in [-0.39, 0.29) is 17.5 Å². The predicted molar refractivity (Wildman–Crippen MR) is 106 cm³/mol. The number of nitrogens with one attached hydrogen (secondary N) is 1. The molecule has 0 aromatic carbocycles. The van der Waals surface area contributed by atoms with Crippen molar-refractivity contribution in [3.8, 4) is 0 Å². The van der Waals surface area contributed by atoms with Crippen LogP contribution < -0.4 is 15.6 Å². The zero-order chi connectivity index (χ0) is 19.9. The summed E-state index contributed by atoms with van der Waals surface area (Å²) in [6.45, 7) is 6.13. The number of pyridine rings is 2. The third kappa shape index (κ3) is 4.96. The van der Waals surface area contributed by atoms with Crippen molar-refractivity contribution in [2.24, 2.45) is 0 Å². The lowest BCUT2D eigenvalue weighted by Crippen LogP contribution is -2.37. The molecule has 1 N–H and O–H groups in total. The molecule has 1 aliphatic rings. The minimum atomic E-state index is -0.408. The number of aryl methyl sites for hydroxylation is 1. The van der Waals surface area contributed by atoms with E-state index in [1.807, 2.05) is 29.7 Å². The molecule has 28 heavy (non-hydrogen) atoms. The fourth-order valence-electron chi connectivity index (χ4n) is 3.07. The van der Waals surface area contributed by atoms with Crippen molar-refractivity contribution < 1.29 is 14.3 Å². The van der Waals surface area contributed by atoms with Crippen LogP contribution in [0.4, 0.5) is 5.82 Å². The van der Waals surface area contributed by atoms with E-state index in [4.69, 9.17) is 9.47 Å². The quantitative estimate of drug-likeness (QED) is 0.763. The smallest absolute Gasteiger partial charge is 0.257 e. The third-order valence-corrected chi connectivity index (χ3v) is 4.68. The van der Waals surface area contributed by atoms with Crippen molar-refractivity contribution in [2.75, 3.05) is 44.9 Å². The number of amides is 1. The van der Waals surface area contributed by atoms with Gasteiger partial charge >= 0.3 is 0 Å². The highest BCUT2D eigenvalue weighted by Gasteiger charge is 2.15. The van der Waals surface area contributed by atoms with Crippen LogP contribution in [0, 0.1) is 6.92 Å². The Bertz CT molecular complexity index is 875. The van der Waals surface area contributed by atoms with Gasteiger partial charge in [-0.05, 0) is 19.1 Å². The van der Waals surface area contributed by atoms with Crippen LogP contribution in [0.3, 0.4) is 0 Å². The number of rotatable bonds is 7. The average molecular weight is 386 g/mol. The monoisotopic (exact) mass is 386 g/mol. The van der Waals surface area contributed by atoms with Crippen LogP contribution in [0.1, 0.15) is 21.7 Å². The zero-order valence-corrected chi connectivity index (χ0v) is 16.3. The van der Waals surface area contributed by atoms with Gasteiger partial charge < -0.3 is 24.3 Å². The Labute approximate surface area is 164 Å². The summed E-state index contributed by atoms with van der Waals surface area (Å²) in [7, 11) is 1.61. The normalized spacial score (nSPS) is 14.1. The molecule has 1 saturated heterocycles. The van der Waals surface area contributed by atoms with Crippen LogP contribution >= 0.6 is 0 Å². The topological polar surface area (TPSA) is 85.7 Å². The number of morpholine rings is 1. The summed E-state index contributed by atoms with van der Waals surface area (Å²) in [5, 5.41) is 2.80. The zero-order valence-electron chi connectivity index (χ0n) is 16.3. The van der Waals surface area contributed by atoms with E-state index < -0.39 is 5.91 Å². The highest BCUT2D eigenvalue weighted by Crippen LogP contribution is 2.13. The third-order valence-electron chi connectivity index (χ3n) is 4.68. The van der Waals surface area contributed by atoms with Crippen molar-refractivity contribution in [1.29, 1.82) is 0 Å². The maximum Gasteiger partial charge on any atom is 0.257 e. The summed E-state index contributed by atoms with van der Waals surface area (Å²) >= 11 is 0. The molecule has 0 radical (unpaired) electrons. The van der Waals surface area contributed by atoms with Crippen molar-refractivity contribution in [1.82, 2.24) is 14.9 Å². The predicted octanol–water partition coefficient (Wildman–Crippen LogP) is 0.965. The van der Waals surface area contributed by atoms with E-state index in [0.717, 1.165) is 30.3 Å². The molecule has 2 aromatic rings. The van der Waals surface area contributed by atoms with Gasteiger partial charge in [-0.3, -0.25) is 9.59 Å². The van der Waals surface area contributed by atoms with Crippen LogP contribution in [0.15, 0.2) is 35.3 Å². The molecule has 0 unspecified atom stereocenters. The minimum Gasteiger partial charge on any atom is -0.383 e. The molecule has 0 spiro atoms. The number of hydrogen-bond donors (Lipinski definition) is 1. The van der Waals surface area contributed by atoms with Crippen LogP contribution in [-0.4, -0.2) is 55.5 Å². The molecule has 8 heteroatoms. The maximum absolute atomic E-state index is 12.6. The Hall–Kier alpha value is -2.71. The molecule has 8 nitrogen and oxygen atoms in total. The summed E-state index contributed by atoms with van der Waals surface area (Å²) < 4.78 is 12.3. The van der Waals surface area contributed by atoms with Crippen molar-refractivity contribution in [3.63, 3.8) is 0 Å². The van der Waals surface area contributed by atoms with Gasteiger partial charge in [-0.2, -0.15) is 0 Å². The van der Waals surface area contributed by atoms with Gasteiger partial charge in [-0.1, -0.05) is 6.07 Å². The fourth-order valence-corrected chi connectivity index (χ4v) is 3.07. The molecule has 0 aliphatic carbocycles. The second-order valence-electron chi connectivity index (χ2n) is 6.65. The second-order valence-corrected chi connectivity index (χ2v) is 6.65. The molecule has 3 rings (SSSR count). The van der Waals surface area contributed by atoms with Crippen LogP contribution in [-0.2, 0) is 22.6 Å². The number of methoxy groups -OCH3 is 1. The Balaban J connectivity index is 1.68. The molecule has 0 saturated carbocycles. The van der Waals surface area contributed by atoms with E-state index in [9.17, 15) is 9.59 Å². The Morgan fingerprint density at radius 3 is 2.86 bits per heavy atom. The first-order valence-electron chi connectivity index (χ1n) is 9.35. The Morgan fingerprint density at radius 1 is 1.32 bits per heavy atom. The number of nitrogens with zero attached hydrogens (tertiary/aromatic N) is 3. The lowest BCUT2D eigenvalue weighted by Gasteiger charge is -2.28. The summed E-state index contributed by atoms with van der Waals surface area (Å²) in [5.74, 6) is 0.460. The summed E-state index contributed by atoms with van der Waals surface area (Å²) in [6.07, 6.45) is 1.59. The van der Waals surface area contributed by atoms with Crippen LogP contribution in [0.5, 0.6) is 0 Å². The number of aromatic nitrogens is 2. The number of anilines is 1. The first-order chi connectivity index (χ1) is 13.6. The van der Waals surface area contributed by atoms with E-state index in [2.05, 4.69) is 15.2 Å². The number of ether oxygens (including phenoxy) is 2. The highest BCUT2D eigenvalue weighted by molar-refractivity contribution is 5.93. The summed E-state index contributed by atoms with van der Waals surface area (Å²) in [6, 6.07) is 7.20. The lowest BCUT2D eigenvalue weighted by molar-refractivity contribution is 0.0948. The highest BCUT2D eigenvalue weighted by atomic mass is 16.5. The van der Waals surface area contributed by atoms with Gasteiger partial charge in [0.25, 0.3) is 5.91 Å². The Morgan fingerprint density at radius 2 is 2.11 bits per heavy atom. The van der Waals surface area contributed by atoms with Gasteiger partial charge in [0.2, 0.25) is 0 Å². The van der Waals surface area contributed by atoms with Crippen molar-refractivity contribution in [3.05, 3.63) is 57.6 Å². The first-order valence-corrected chi connectivity index (χ1v) is 9.35. The van der Waals surface area contributed by atoms with Gasteiger partial charge in [0, 0.05) is 44.7 Å².